The molecule has 2 aliphatic rings. The molecule has 1 N–H and O–H groups in total. The SMILES string of the molecule is Cn1cnnc1-c1cc(C#N)ccc1-c1cc(C2CC2)nc(N2Cc3c(F)cc(CNCCC(F)F)cc3C2=O)c1.[HH]. The average Bonchev–Trinajstić information content (AvgIpc) is 3.65. The molecule has 1 amide bonds. The zero-order valence-corrected chi connectivity index (χ0v) is 22.2. The Morgan fingerprint density at radius 2 is 1.98 bits per heavy atom. The summed E-state index contributed by atoms with van der Waals surface area (Å²) in [5.74, 6) is 0.389. The monoisotopic (exact) mass is 559 g/mol. The highest BCUT2D eigenvalue weighted by Gasteiger charge is 2.34. The van der Waals surface area contributed by atoms with Crippen molar-refractivity contribution in [2.24, 2.45) is 7.05 Å². The van der Waals surface area contributed by atoms with Gasteiger partial charge in [0.15, 0.2) is 5.82 Å². The van der Waals surface area contributed by atoms with Crippen molar-refractivity contribution >= 4 is 11.7 Å². The third-order valence-corrected chi connectivity index (χ3v) is 7.43. The highest BCUT2D eigenvalue weighted by molar-refractivity contribution is 6.10. The highest BCUT2D eigenvalue weighted by atomic mass is 19.3. The van der Waals surface area contributed by atoms with E-state index in [-0.39, 0.29) is 50.4 Å². The number of benzene rings is 2. The molecule has 1 aliphatic heterocycles. The summed E-state index contributed by atoms with van der Waals surface area (Å²) in [4.78, 5) is 19.9. The predicted molar refractivity (Wildman–Crippen MR) is 148 cm³/mol. The molecular formula is C30H28F3N7O. The molecule has 41 heavy (non-hydrogen) atoms. The van der Waals surface area contributed by atoms with Gasteiger partial charge in [-0.1, -0.05) is 6.07 Å². The lowest BCUT2D eigenvalue weighted by atomic mass is 9.96. The van der Waals surface area contributed by atoms with Gasteiger partial charge in [0.1, 0.15) is 18.0 Å². The molecule has 0 radical (unpaired) electrons. The van der Waals surface area contributed by atoms with Gasteiger partial charge in [0.25, 0.3) is 5.91 Å². The lowest BCUT2D eigenvalue weighted by Gasteiger charge is -2.18. The number of rotatable bonds is 9. The molecule has 2 aromatic heterocycles. The van der Waals surface area contributed by atoms with Crippen molar-refractivity contribution in [3.8, 4) is 28.6 Å². The Bertz CT molecular complexity index is 1700. The van der Waals surface area contributed by atoms with Crippen molar-refractivity contribution in [3.05, 3.63) is 82.6 Å². The van der Waals surface area contributed by atoms with Gasteiger partial charge in [-0.15, -0.1) is 10.2 Å². The fraction of sp³-hybridized carbons (Fsp3) is 0.300. The minimum atomic E-state index is -2.42. The topological polar surface area (TPSA) is 99.7 Å². The van der Waals surface area contributed by atoms with Gasteiger partial charge >= 0.3 is 0 Å². The lowest BCUT2D eigenvalue weighted by molar-refractivity contribution is 0.0995. The molecule has 11 heteroatoms. The molecule has 0 atom stereocenters. The van der Waals surface area contributed by atoms with E-state index >= 15 is 4.39 Å². The maximum absolute atomic E-state index is 15.1. The van der Waals surface area contributed by atoms with E-state index in [0.29, 0.717) is 28.3 Å². The maximum atomic E-state index is 15.1. The average molecular weight is 560 g/mol. The Balaban J connectivity index is 0.00000353. The van der Waals surface area contributed by atoms with Crippen LogP contribution in [0.2, 0.25) is 0 Å². The lowest BCUT2D eigenvalue weighted by Crippen LogP contribution is -2.24. The van der Waals surface area contributed by atoms with E-state index in [0.717, 1.165) is 29.7 Å². The molecule has 1 aliphatic carbocycles. The molecule has 0 saturated heterocycles. The second-order valence-electron chi connectivity index (χ2n) is 10.4. The van der Waals surface area contributed by atoms with Gasteiger partial charge in [0, 0.05) is 56.3 Å². The van der Waals surface area contributed by atoms with Gasteiger partial charge < -0.3 is 9.88 Å². The number of alkyl halides is 2. The Labute approximate surface area is 235 Å². The summed E-state index contributed by atoms with van der Waals surface area (Å²) in [7, 11) is 1.82. The molecule has 0 spiro atoms. The molecule has 4 aromatic rings. The first kappa shape index (κ1) is 26.7. The van der Waals surface area contributed by atoms with Crippen molar-refractivity contribution in [1.82, 2.24) is 25.1 Å². The Morgan fingerprint density at radius 3 is 2.68 bits per heavy atom. The normalized spacial score (nSPS) is 14.5. The molecule has 2 aromatic carbocycles. The van der Waals surface area contributed by atoms with Crippen LogP contribution >= 0.6 is 0 Å². The van der Waals surface area contributed by atoms with Crippen LogP contribution in [0, 0.1) is 17.1 Å². The van der Waals surface area contributed by atoms with E-state index in [2.05, 4.69) is 21.6 Å². The van der Waals surface area contributed by atoms with Crippen molar-refractivity contribution in [3.63, 3.8) is 0 Å². The molecule has 8 nitrogen and oxygen atoms in total. The summed E-state index contributed by atoms with van der Waals surface area (Å²) in [5.41, 5.74) is 4.68. The van der Waals surface area contributed by atoms with Gasteiger partial charge in [0.05, 0.1) is 18.2 Å². The van der Waals surface area contributed by atoms with Crippen molar-refractivity contribution in [2.45, 2.75) is 44.7 Å². The minimum Gasteiger partial charge on any atom is -0.317 e. The van der Waals surface area contributed by atoms with Crippen molar-refractivity contribution in [1.29, 1.82) is 5.26 Å². The summed E-state index contributed by atoms with van der Waals surface area (Å²) in [6, 6.07) is 14.3. The smallest absolute Gasteiger partial charge is 0.260 e. The second-order valence-corrected chi connectivity index (χ2v) is 10.4. The van der Waals surface area contributed by atoms with E-state index in [9.17, 15) is 18.8 Å². The van der Waals surface area contributed by atoms with Crippen LogP contribution in [0.1, 0.15) is 59.3 Å². The fourth-order valence-electron chi connectivity index (χ4n) is 5.15. The third kappa shape index (κ3) is 5.30. The molecule has 1 saturated carbocycles. The summed E-state index contributed by atoms with van der Waals surface area (Å²) in [6.45, 7) is 0.291. The summed E-state index contributed by atoms with van der Waals surface area (Å²) in [5, 5.41) is 20.7. The quantitative estimate of drug-likeness (QED) is 0.269. The number of amides is 1. The standard InChI is InChI=1S/C30H26F3N7O.H2/c1-39-16-36-38-29(39)22-8-17(13-34)2-5-21(22)20-11-26(19-3-4-19)37-28(12-20)40-15-24-23(30(40)41)9-18(10-25(24)31)14-35-7-6-27(32)33;/h2,5,8-12,16,19,27,35H,3-4,6-7,14-15H2,1H3;1H. The summed E-state index contributed by atoms with van der Waals surface area (Å²) < 4.78 is 41.8. The third-order valence-electron chi connectivity index (χ3n) is 7.43. The van der Waals surface area contributed by atoms with E-state index in [1.807, 2.05) is 25.2 Å². The predicted octanol–water partition coefficient (Wildman–Crippen LogP) is 5.58. The van der Waals surface area contributed by atoms with Crippen LogP contribution in [-0.2, 0) is 20.1 Å². The number of carbonyl (C=O) groups excluding carboxylic acids is 1. The molecule has 0 bridgehead atoms. The van der Waals surface area contributed by atoms with Crippen molar-refractivity contribution in [2.75, 3.05) is 11.4 Å². The van der Waals surface area contributed by atoms with Gasteiger partial charge in [-0.3, -0.25) is 9.69 Å². The van der Waals surface area contributed by atoms with E-state index in [1.165, 1.54) is 11.0 Å². The molecule has 0 unspecified atom stereocenters. The molecule has 1 fully saturated rings. The highest BCUT2D eigenvalue weighted by Crippen LogP contribution is 2.43. The minimum absolute atomic E-state index is 0. The first-order valence-corrected chi connectivity index (χ1v) is 13.3. The fourth-order valence-corrected chi connectivity index (χ4v) is 5.15. The summed E-state index contributed by atoms with van der Waals surface area (Å²) in [6.07, 6.45) is 0.847. The van der Waals surface area contributed by atoms with E-state index < -0.39 is 12.2 Å². The zero-order valence-electron chi connectivity index (χ0n) is 22.2. The number of nitrogens with zero attached hydrogens (tertiary/aromatic N) is 6. The first-order valence-electron chi connectivity index (χ1n) is 13.3. The maximum Gasteiger partial charge on any atom is 0.260 e. The van der Waals surface area contributed by atoms with Crippen LogP contribution in [0.25, 0.3) is 22.5 Å². The van der Waals surface area contributed by atoms with Crippen LogP contribution in [0.15, 0.2) is 48.8 Å². The number of carbonyl (C=O) groups is 1. The molecule has 6 rings (SSSR count). The number of pyridine rings is 1. The number of nitriles is 1. The van der Waals surface area contributed by atoms with Crippen LogP contribution < -0.4 is 10.2 Å². The number of fused-ring (bicyclic) bond motifs is 1. The van der Waals surface area contributed by atoms with Gasteiger partial charge in [-0.05, 0) is 65.9 Å². The second kappa shape index (κ2) is 10.8. The number of aryl methyl sites for hydroxylation is 1. The molecular weight excluding hydrogens is 531 g/mol. The zero-order chi connectivity index (χ0) is 28.7. The molecule has 3 heterocycles. The summed E-state index contributed by atoms with van der Waals surface area (Å²) >= 11 is 0. The number of anilines is 1. The van der Waals surface area contributed by atoms with Crippen LogP contribution in [-0.4, -0.2) is 38.6 Å². The van der Waals surface area contributed by atoms with Crippen LogP contribution in [0.5, 0.6) is 0 Å². The van der Waals surface area contributed by atoms with E-state index in [4.69, 9.17) is 4.98 Å². The first-order chi connectivity index (χ1) is 19.8. The number of hydrogen-bond donors (Lipinski definition) is 1. The van der Waals surface area contributed by atoms with Gasteiger partial charge in [0.2, 0.25) is 6.43 Å². The van der Waals surface area contributed by atoms with Crippen molar-refractivity contribution < 1.29 is 19.4 Å². The van der Waals surface area contributed by atoms with Gasteiger partial charge in [-0.25, -0.2) is 18.2 Å². The van der Waals surface area contributed by atoms with Gasteiger partial charge in [-0.2, -0.15) is 5.26 Å². The number of halogens is 3. The Morgan fingerprint density at radius 1 is 1.15 bits per heavy atom. The number of nitrogens with one attached hydrogen (secondary N) is 1. The Kier molecular flexibility index (Phi) is 7.01. The van der Waals surface area contributed by atoms with Crippen LogP contribution in [0.3, 0.4) is 0 Å². The molecule has 210 valence electrons. The van der Waals surface area contributed by atoms with E-state index in [1.54, 1.807) is 29.1 Å². The largest absolute Gasteiger partial charge is 0.317 e. The Hall–Kier alpha value is -4.56. The van der Waals surface area contributed by atoms with Crippen LogP contribution in [0.4, 0.5) is 19.0 Å². The number of aromatic nitrogens is 4. The number of hydrogen-bond acceptors (Lipinski definition) is 6.